The zero-order valence-electron chi connectivity index (χ0n) is 19.5. The van der Waals surface area contributed by atoms with Crippen LogP contribution in [-0.4, -0.2) is 57.1 Å². The van der Waals surface area contributed by atoms with Gasteiger partial charge in [0.05, 0.1) is 5.56 Å². The molecule has 168 valence electrons. The lowest BCUT2D eigenvalue weighted by Crippen LogP contribution is -2.35. The third kappa shape index (κ3) is 6.72. The highest BCUT2D eigenvalue weighted by atomic mass is 16.2. The van der Waals surface area contributed by atoms with Crippen molar-refractivity contribution in [3.05, 3.63) is 53.1 Å². The van der Waals surface area contributed by atoms with Crippen molar-refractivity contribution in [1.82, 2.24) is 10.2 Å². The van der Waals surface area contributed by atoms with Gasteiger partial charge in [-0.2, -0.15) is 0 Å². The van der Waals surface area contributed by atoms with E-state index in [1.807, 2.05) is 57.1 Å². The quantitative estimate of drug-likeness (QED) is 0.566. The van der Waals surface area contributed by atoms with Gasteiger partial charge in [-0.05, 0) is 62.3 Å². The van der Waals surface area contributed by atoms with Gasteiger partial charge in [-0.3, -0.25) is 4.79 Å². The molecule has 0 radical (unpaired) electrons. The van der Waals surface area contributed by atoms with Crippen LogP contribution in [0, 0.1) is 13.8 Å². The first-order valence-electron chi connectivity index (χ1n) is 10.7. The summed E-state index contributed by atoms with van der Waals surface area (Å²) in [7, 11) is 3.78. The zero-order valence-corrected chi connectivity index (χ0v) is 19.5. The number of hydrogen-bond donors (Lipinski definition) is 3. The molecule has 0 aliphatic rings. The molecular formula is C24H35N5O2. The maximum Gasteiger partial charge on any atom is 0.323 e. The van der Waals surface area contributed by atoms with Crippen molar-refractivity contribution in [2.24, 2.45) is 0 Å². The first-order valence-corrected chi connectivity index (χ1v) is 10.7. The van der Waals surface area contributed by atoms with Gasteiger partial charge in [0.2, 0.25) is 0 Å². The molecule has 31 heavy (non-hydrogen) atoms. The van der Waals surface area contributed by atoms with Gasteiger partial charge in [-0.15, -0.1) is 0 Å². The fourth-order valence-corrected chi connectivity index (χ4v) is 3.32. The van der Waals surface area contributed by atoms with Crippen molar-refractivity contribution in [3.63, 3.8) is 0 Å². The molecule has 7 nitrogen and oxygen atoms in total. The number of rotatable bonds is 9. The molecule has 0 atom stereocenters. The number of nitrogens with zero attached hydrogens (tertiary/aromatic N) is 2. The monoisotopic (exact) mass is 425 g/mol. The van der Waals surface area contributed by atoms with Gasteiger partial charge in [-0.25, -0.2) is 4.79 Å². The van der Waals surface area contributed by atoms with Crippen molar-refractivity contribution < 1.29 is 9.59 Å². The van der Waals surface area contributed by atoms with Gasteiger partial charge >= 0.3 is 6.03 Å². The van der Waals surface area contributed by atoms with Crippen molar-refractivity contribution in [1.29, 1.82) is 0 Å². The Bertz CT molecular complexity index is 907. The third-order valence-electron chi connectivity index (χ3n) is 5.44. The van der Waals surface area contributed by atoms with Gasteiger partial charge in [0.1, 0.15) is 0 Å². The van der Waals surface area contributed by atoms with Gasteiger partial charge in [0.15, 0.2) is 0 Å². The summed E-state index contributed by atoms with van der Waals surface area (Å²) in [6, 6.07) is 10.8. The number of benzene rings is 2. The molecule has 0 fully saturated rings. The summed E-state index contributed by atoms with van der Waals surface area (Å²) in [5.74, 6) is -0.158. The van der Waals surface area contributed by atoms with E-state index in [4.69, 9.17) is 0 Å². The normalized spacial score (nSPS) is 10.7. The topological polar surface area (TPSA) is 76.7 Å². The van der Waals surface area contributed by atoms with Crippen LogP contribution in [0.25, 0.3) is 0 Å². The zero-order chi connectivity index (χ0) is 23.0. The van der Waals surface area contributed by atoms with Gasteiger partial charge < -0.3 is 25.8 Å². The van der Waals surface area contributed by atoms with E-state index in [-0.39, 0.29) is 11.9 Å². The minimum absolute atomic E-state index is 0.158. The Morgan fingerprint density at radius 3 is 2.32 bits per heavy atom. The number of anilines is 3. The highest BCUT2D eigenvalue weighted by Crippen LogP contribution is 2.24. The van der Waals surface area contributed by atoms with Crippen LogP contribution in [0.3, 0.4) is 0 Å². The minimum atomic E-state index is -0.348. The Morgan fingerprint density at radius 1 is 0.968 bits per heavy atom. The second kappa shape index (κ2) is 11.4. The largest absolute Gasteiger partial charge is 0.377 e. The molecule has 0 saturated heterocycles. The molecule has 7 heteroatoms. The second-order valence-electron chi connectivity index (χ2n) is 7.74. The highest BCUT2D eigenvalue weighted by molar-refractivity contribution is 6.04. The molecule has 0 heterocycles. The van der Waals surface area contributed by atoms with Crippen LogP contribution in [0.4, 0.5) is 21.9 Å². The number of nitrogens with one attached hydrogen (secondary N) is 3. The number of aryl methyl sites for hydroxylation is 1. The average molecular weight is 426 g/mol. The number of amides is 3. The van der Waals surface area contributed by atoms with E-state index < -0.39 is 0 Å². The van der Waals surface area contributed by atoms with E-state index in [2.05, 4.69) is 34.7 Å². The summed E-state index contributed by atoms with van der Waals surface area (Å²) in [6.07, 6.45) is 0. The molecule has 0 saturated carbocycles. The number of carbonyl (C=O) groups is 2. The van der Waals surface area contributed by atoms with Crippen LogP contribution >= 0.6 is 0 Å². The molecule has 0 aliphatic heterocycles. The Balaban J connectivity index is 2.12. The SMILES string of the molecule is CCN(CC)CCNC(=O)c1cc(NC(=O)Nc2cccc(C)c2C)ccc1N(C)C. The minimum Gasteiger partial charge on any atom is -0.377 e. The molecule has 0 aliphatic carbocycles. The predicted octanol–water partition coefficient (Wildman–Crippen LogP) is 4.09. The number of carbonyl (C=O) groups excluding carboxylic acids is 2. The Hall–Kier alpha value is -3.06. The summed E-state index contributed by atoms with van der Waals surface area (Å²) < 4.78 is 0. The summed E-state index contributed by atoms with van der Waals surface area (Å²) in [5, 5.41) is 8.70. The van der Waals surface area contributed by atoms with Crippen LogP contribution in [0.1, 0.15) is 35.3 Å². The first-order chi connectivity index (χ1) is 14.8. The lowest BCUT2D eigenvalue weighted by molar-refractivity contribution is 0.0949. The van der Waals surface area contributed by atoms with Crippen molar-refractivity contribution in [2.45, 2.75) is 27.7 Å². The van der Waals surface area contributed by atoms with E-state index >= 15 is 0 Å². The summed E-state index contributed by atoms with van der Waals surface area (Å²) in [4.78, 5) is 29.5. The van der Waals surface area contributed by atoms with E-state index in [1.165, 1.54) is 0 Å². The summed E-state index contributed by atoms with van der Waals surface area (Å²) in [6.45, 7) is 11.4. The predicted molar refractivity (Wildman–Crippen MR) is 129 cm³/mol. The Labute approximate surface area is 185 Å². The number of urea groups is 1. The number of hydrogen-bond acceptors (Lipinski definition) is 4. The van der Waals surface area contributed by atoms with Crippen LogP contribution in [0.5, 0.6) is 0 Å². The third-order valence-corrected chi connectivity index (χ3v) is 5.44. The molecule has 3 N–H and O–H groups in total. The molecule has 2 aromatic carbocycles. The fraction of sp³-hybridized carbons (Fsp3) is 0.417. The van der Waals surface area contributed by atoms with Crippen molar-refractivity contribution in [2.75, 3.05) is 55.8 Å². The van der Waals surface area contributed by atoms with E-state index in [0.29, 0.717) is 17.8 Å². The second-order valence-corrected chi connectivity index (χ2v) is 7.74. The molecular weight excluding hydrogens is 390 g/mol. The summed E-state index contributed by atoms with van der Waals surface area (Å²) in [5.41, 5.74) is 4.76. The standard InChI is InChI=1S/C24H35N5O2/c1-7-29(8-2)15-14-25-23(30)20-16-19(12-13-22(20)28(5)6)26-24(31)27-21-11-9-10-17(3)18(21)4/h9-13,16H,7-8,14-15H2,1-6H3,(H,25,30)(H2,26,27,31). The molecule has 0 spiro atoms. The smallest absolute Gasteiger partial charge is 0.323 e. The van der Waals surface area contributed by atoms with E-state index in [9.17, 15) is 9.59 Å². The lowest BCUT2D eigenvalue weighted by Gasteiger charge is -2.20. The van der Waals surface area contributed by atoms with Crippen LogP contribution in [0.2, 0.25) is 0 Å². The number of likely N-dealkylation sites (N-methyl/N-ethyl adjacent to an activating group) is 1. The fourth-order valence-electron chi connectivity index (χ4n) is 3.32. The maximum atomic E-state index is 12.9. The van der Waals surface area contributed by atoms with Crippen molar-refractivity contribution >= 4 is 29.0 Å². The van der Waals surface area contributed by atoms with E-state index in [0.717, 1.165) is 42.1 Å². The van der Waals surface area contributed by atoms with Gasteiger partial charge in [0.25, 0.3) is 5.91 Å². The first kappa shape index (κ1) is 24.2. The molecule has 0 aromatic heterocycles. The molecule has 0 unspecified atom stereocenters. The van der Waals surface area contributed by atoms with Crippen LogP contribution in [-0.2, 0) is 0 Å². The maximum absolute atomic E-state index is 12.9. The summed E-state index contributed by atoms with van der Waals surface area (Å²) >= 11 is 0. The lowest BCUT2D eigenvalue weighted by atomic mass is 10.1. The molecule has 0 bridgehead atoms. The van der Waals surface area contributed by atoms with Crippen LogP contribution < -0.4 is 20.9 Å². The van der Waals surface area contributed by atoms with Gasteiger partial charge in [-0.1, -0.05) is 26.0 Å². The van der Waals surface area contributed by atoms with Crippen molar-refractivity contribution in [3.8, 4) is 0 Å². The molecule has 2 aromatic rings. The highest BCUT2D eigenvalue weighted by Gasteiger charge is 2.15. The Kier molecular flexibility index (Phi) is 8.88. The average Bonchev–Trinajstić information content (AvgIpc) is 2.74. The van der Waals surface area contributed by atoms with Crippen LogP contribution in [0.15, 0.2) is 36.4 Å². The van der Waals surface area contributed by atoms with E-state index in [1.54, 1.807) is 12.1 Å². The molecule has 3 amide bonds. The molecule has 2 rings (SSSR count). The Morgan fingerprint density at radius 2 is 1.68 bits per heavy atom. The van der Waals surface area contributed by atoms with Gasteiger partial charge in [0, 0.05) is 44.2 Å².